The molecule has 1 heterocycles. The van der Waals surface area contributed by atoms with Crippen LogP contribution in [0.15, 0.2) is 60.9 Å². The second kappa shape index (κ2) is 5.88. The molecule has 3 aromatic rings. The van der Waals surface area contributed by atoms with Crippen LogP contribution in [0.1, 0.15) is 35.2 Å². The Morgan fingerprint density at radius 3 is 2.38 bits per heavy atom. The zero-order chi connectivity index (χ0) is 16.4. The molecule has 0 aliphatic heterocycles. The van der Waals surface area contributed by atoms with E-state index in [0.717, 1.165) is 24.9 Å². The number of aromatic nitrogens is 4. The van der Waals surface area contributed by atoms with Gasteiger partial charge in [-0.05, 0) is 59.5 Å². The van der Waals surface area contributed by atoms with E-state index < -0.39 is 0 Å². The van der Waals surface area contributed by atoms with Crippen LogP contribution in [0.25, 0.3) is 5.69 Å². The summed E-state index contributed by atoms with van der Waals surface area (Å²) in [6.07, 6.45) is 4.61. The maximum absolute atomic E-state index is 12.7. The molecule has 24 heavy (non-hydrogen) atoms. The Morgan fingerprint density at radius 1 is 1.04 bits per heavy atom. The first-order chi connectivity index (χ1) is 11.8. The third kappa shape index (κ3) is 2.56. The van der Waals surface area contributed by atoms with Gasteiger partial charge in [-0.2, -0.15) is 0 Å². The van der Waals surface area contributed by atoms with E-state index in [1.807, 2.05) is 30.3 Å². The number of carbonyl (C=O) groups is 1. The van der Waals surface area contributed by atoms with Gasteiger partial charge in [0, 0.05) is 5.56 Å². The van der Waals surface area contributed by atoms with E-state index in [1.165, 1.54) is 11.9 Å². The third-order valence-electron chi connectivity index (χ3n) is 4.63. The van der Waals surface area contributed by atoms with Crippen LogP contribution in [-0.4, -0.2) is 26.1 Å². The summed E-state index contributed by atoms with van der Waals surface area (Å²) in [6.45, 7) is 0. The van der Waals surface area contributed by atoms with E-state index >= 15 is 0 Å². The molecule has 0 spiro atoms. The normalized spacial score (nSPS) is 15.5. The fraction of sp³-hybridized carbons (Fsp3) is 0.222. The van der Waals surface area contributed by atoms with Gasteiger partial charge in [-0.3, -0.25) is 4.79 Å². The Kier molecular flexibility index (Phi) is 3.57. The molecule has 1 aromatic heterocycles. The Morgan fingerprint density at radius 2 is 1.79 bits per heavy atom. The molecule has 2 aromatic carbocycles. The maximum atomic E-state index is 12.7. The molecule has 0 bridgehead atoms. The fourth-order valence-corrected chi connectivity index (χ4v) is 3.11. The van der Waals surface area contributed by atoms with Crippen molar-refractivity contribution in [1.82, 2.24) is 25.5 Å². The fourth-order valence-electron chi connectivity index (χ4n) is 3.11. The summed E-state index contributed by atoms with van der Waals surface area (Å²) in [5.74, 6) is -0.0539. The van der Waals surface area contributed by atoms with Crippen molar-refractivity contribution in [3.05, 3.63) is 72.1 Å². The molecule has 6 heteroatoms. The quantitative estimate of drug-likeness (QED) is 0.802. The summed E-state index contributed by atoms with van der Waals surface area (Å²) in [6, 6.07) is 17.5. The van der Waals surface area contributed by atoms with Gasteiger partial charge < -0.3 is 5.32 Å². The second-order valence-corrected chi connectivity index (χ2v) is 6.06. The molecule has 1 fully saturated rings. The van der Waals surface area contributed by atoms with Crippen LogP contribution in [0, 0.1) is 0 Å². The molecular formula is C18H17N5O. The Labute approximate surface area is 139 Å². The molecule has 1 N–H and O–H groups in total. The topological polar surface area (TPSA) is 72.7 Å². The second-order valence-electron chi connectivity index (χ2n) is 6.06. The van der Waals surface area contributed by atoms with Crippen molar-refractivity contribution < 1.29 is 4.79 Å². The maximum Gasteiger partial charge on any atom is 0.251 e. The molecule has 6 nitrogen and oxygen atoms in total. The van der Waals surface area contributed by atoms with Gasteiger partial charge in [0.1, 0.15) is 6.33 Å². The lowest BCUT2D eigenvalue weighted by Gasteiger charge is -2.43. The van der Waals surface area contributed by atoms with Crippen LogP contribution in [0.5, 0.6) is 0 Å². The van der Waals surface area contributed by atoms with Gasteiger partial charge in [0.05, 0.1) is 11.2 Å². The predicted molar refractivity (Wildman–Crippen MR) is 88.6 cm³/mol. The summed E-state index contributed by atoms with van der Waals surface area (Å²) < 4.78 is 1.55. The Balaban J connectivity index is 1.53. The molecule has 1 aliphatic carbocycles. The molecule has 1 aliphatic rings. The Hall–Kier alpha value is -3.02. The number of nitrogens with one attached hydrogen (secondary N) is 1. The third-order valence-corrected chi connectivity index (χ3v) is 4.63. The molecule has 0 atom stereocenters. The van der Waals surface area contributed by atoms with E-state index in [-0.39, 0.29) is 11.4 Å². The molecule has 1 amide bonds. The van der Waals surface area contributed by atoms with Crippen molar-refractivity contribution in [2.45, 2.75) is 24.8 Å². The first kappa shape index (κ1) is 14.6. The number of amides is 1. The summed E-state index contributed by atoms with van der Waals surface area (Å²) >= 11 is 0. The highest BCUT2D eigenvalue weighted by molar-refractivity contribution is 5.95. The van der Waals surface area contributed by atoms with Crippen molar-refractivity contribution in [2.24, 2.45) is 0 Å². The summed E-state index contributed by atoms with van der Waals surface area (Å²) in [5, 5.41) is 14.3. The highest BCUT2D eigenvalue weighted by Gasteiger charge is 2.39. The van der Waals surface area contributed by atoms with E-state index in [4.69, 9.17) is 0 Å². The van der Waals surface area contributed by atoms with Crippen LogP contribution in [0.2, 0.25) is 0 Å². The number of hydrogen-bond donors (Lipinski definition) is 1. The summed E-state index contributed by atoms with van der Waals surface area (Å²) in [4.78, 5) is 12.7. The molecule has 4 rings (SSSR count). The van der Waals surface area contributed by atoms with Crippen LogP contribution in [0.4, 0.5) is 0 Å². The smallest absolute Gasteiger partial charge is 0.251 e. The van der Waals surface area contributed by atoms with Gasteiger partial charge >= 0.3 is 0 Å². The van der Waals surface area contributed by atoms with E-state index in [0.29, 0.717) is 5.56 Å². The van der Waals surface area contributed by atoms with Crippen LogP contribution in [-0.2, 0) is 5.54 Å². The predicted octanol–water partition coefficient (Wildman–Crippen LogP) is 2.47. The van der Waals surface area contributed by atoms with Crippen LogP contribution < -0.4 is 5.32 Å². The summed E-state index contributed by atoms with van der Waals surface area (Å²) in [7, 11) is 0. The lowest BCUT2D eigenvalue weighted by Crippen LogP contribution is -2.50. The zero-order valence-corrected chi connectivity index (χ0v) is 13.1. The number of nitrogens with zero attached hydrogens (tertiary/aromatic N) is 4. The molecule has 120 valence electrons. The van der Waals surface area contributed by atoms with Crippen LogP contribution in [0.3, 0.4) is 0 Å². The number of benzene rings is 2. The average Bonchev–Trinajstić information content (AvgIpc) is 3.13. The number of hydrogen-bond acceptors (Lipinski definition) is 4. The lowest BCUT2D eigenvalue weighted by molar-refractivity contribution is 0.0823. The van der Waals surface area contributed by atoms with Crippen molar-refractivity contribution in [1.29, 1.82) is 0 Å². The number of rotatable bonds is 4. The minimum Gasteiger partial charge on any atom is -0.343 e. The van der Waals surface area contributed by atoms with E-state index in [1.54, 1.807) is 16.8 Å². The van der Waals surface area contributed by atoms with Gasteiger partial charge in [0.25, 0.3) is 5.91 Å². The lowest BCUT2D eigenvalue weighted by atomic mass is 9.71. The highest BCUT2D eigenvalue weighted by atomic mass is 16.1. The first-order valence-corrected chi connectivity index (χ1v) is 7.98. The average molecular weight is 319 g/mol. The molecule has 0 unspecified atom stereocenters. The monoisotopic (exact) mass is 319 g/mol. The zero-order valence-electron chi connectivity index (χ0n) is 13.1. The Bertz CT molecular complexity index is 824. The summed E-state index contributed by atoms with van der Waals surface area (Å²) in [5.41, 5.74) is 2.40. The SMILES string of the molecule is O=C(NC1(c2ccccc2)CCC1)c1ccc(-n2cnnn2)cc1. The van der Waals surface area contributed by atoms with Gasteiger partial charge in [-0.15, -0.1) is 5.10 Å². The van der Waals surface area contributed by atoms with Crippen molar-refractivity contribution in [3.63, 3.8) is 0 Å². The van der Waals surface area contributed by atoms with Crippen molar-refractivity contribution in [3.8, 4) is 5.69 Å². The van der Waals surface area contributed by atoms with Gasteiger partial charge in [-0.25, -0.2) is 4.68 Å². The van der Waals surface area contributed by atoms with Crippen molar-refractivity contribution in [2.75, 3.05) is 0 Å². The van der Waals surface area contributed by atoms with E-state index in [9.17, 15) is 4.79 Å². The molecule has 0 radical (unpaired) electrons. The van der Waals surface area contributed by atoms with Crippen LogP contribution >= 0.6 is 0 Å². The molecule has 1 saturated carbocycles. The minimum absolute atomic E-state index is 0.0539. The van der Waals surface area contributed by atoms with E-state index in [2.05, 4.69) is 33.0 Å². The van der Waals surface area contributed by atoms with Crippen molar-refractivity contribution >= 4 is 5.91 Å². The largest absolute Gasteiger partial charge is 0.343 e. The number of tetrazole rings is 1. The molecule has 0 saturated heterocycles. The standard InChI is InChI=1S/C18H17N5O/c24-17(14-7-9-16(10-8-14)23-13-19-21-22-23)20-18(11-4-12-18)15-5-2-1-3-6-15/h1-3,5-10,13H,4,11-12H2,(H,20,24). The first-order valence-electron chi connectivity index (χ1n) is 7.98. The number of carbonyl (C=O) groups excluding carboxylic acids is 1. The minimum atomic E-state index is -0.229. The van der Waals surface area contributed by atoms with Gasteiger partial charge in [0.2, 0.25) is 0 Å². The van der Waals surface area contributed by atoms with Gasteiger partial charge in [-0.1, -0.05) is 30.3 Å². The highest BCUT2D eigenvalue weighted by Crippen LogP contribution is 2.41. The van der Waals surface area contributed by atoms with Gasteiger partial charge in [0.15, 0.2) is 0 Å². The molecular weight excluding hydrogens is 302 g/mol.